The maximum Gasteiger partial charge on any atom is 2.00 e. The SMILES string of the molecule is O=S(=O)([N-]c1ccccc1C1=N[C@H](c2ccccc2)CO1)c1ccc2ccccc2c1.[I-].[Mg+2]. The van der Waals surface area contributed by atoms with Crippen LogP contribution in [-0.2, 0) is 14.8 Å². The number of hydrogen-bond donors (Lipinski definition) is 0. The standard InChI is InChI=1S/C25H19N2O3S.HI.Mg/c28-31(29,21-15-14-18-8-4-5-11-20(18)16-21)27-23-13-7-6-12-22(23)25-26-24(17-30-25)19-9-2-1-3-10-19;;/h1-16,24H,17H2;1H;/q-1;;+2/p-1/t24-;;/m0../s1. The second-order valence-corrected chi connectivity index (χ2v) is 8.87. The zero-order valence-electron chi connectivity index (χ0n) is 17.6. The second kappa shape index (κ2) is 10.9. The van der Waals surface area contributed by atoms with Crippen LogP contribution in [0, 0.1) is 0 Å². The van der Waals surface area contributed by atoms with Gasteiger partial charge in [-0.1, -0.05) is 84.9 Å². The van der Waals surface area contributed by atoms with Crippen molar-refractivity contribution in [2.24, 2.45) is 4.99 Å². The number of hydrogen-bond acceptors (Lipinski definition) is 4. The van der Waals surface area contributed by atoms with Gasteiger partial charge in [0.25, 0.3) is 0 Å². The first-order chi connectivity index (χ1) is 15.1. The summed E-state index contributed by atoms with van der Waals surface area (Å²) in [7, 11) is -3.91. The molecule has 162 valence electrons. The first kappa shape index (κ1) is 25.5. The Balaban J connectivity index is 0.00000153. The minimum absolute atomic E-state index is 0. The summed E-state index contributed by atoms with van der Waals surface area (Å²) < 4.78 is 36.0. The maximum atomic E-state index is 13.1. The Hall–Kier alpha value is -2.14. The summed E-state index contributed by atoms with van der Waals surface area (Å²) >= 11 is 0. The van der Waals surface area contributed by atoms with Gasteiger partial charge in [0.15, 0.2) is 0 Å². The fraction of sp³-hybridized carbons (Fsp3) is 0.0800. The minimum Gasteiger partial charge on any atom is -1.00 e. The molecule has 0 aromatic heterocycles. The van der Waals surface area contributed by atoms with Gasteiger partial charge in [-0.25, -0.2) is 13.4 Å². The fourth-order valence-electron chi connectivity index (χ4n) is 3.61. The van der Waals surface area contributed by atoms with E-state index in [1.54, 1.807) is 36.4 Å². The number of halogens is 1. The van der Waals surface area contributed by atoms with E-state index in [9.17, 15) is 8.42 Å². The van der Waals surface area contributed by atoms with Gasteiger partial charge < -0.3 is 33.4 Å². The van der Waals surface area contributed by atoms with E-state index in [0.717, 1.165) is 16.3 Å². The first-order valence-electron chi connectivity index (χ1n) is 9.92. The molecular formula is C25H19IMgN2O3S. The molecule has 1 aliphatic rings. The van der Waals surface area contributed by atoms with Crippen molar-refractivity contribution in [1.82, 2.24) is 0 Å². The normalized spacial score (nSPS) is 15.0. The maximum absolute atomic E-state index is 13.1. The van der Waals surface area contributed by atoms with Crippen molar-refractivity contribution in [3.8, 4) is 0 Å². The van der Waals surface area contributed by atoms with E-state index in [-0.39, 0.29) is 58.0 Å². The number of ether oxygens (including phenoxy) is 1. The Bertz CT molecular complexity index is 1400. The third-order valence-corrected chi connectivity index (χ3v) is 6.49. The molecule has 0 bridgehead atoms. The van der Waals surface area contributed by atoms with E-state index in [4.69, 9.17) is 4.74 Å². The third kappa shape index (κ3) is 5.51. The van der Waals surface area contributed by atoms with Crippen molar-refractivity contribution < 1.29 is 37.1 Å². The summed E-state index contributed by atoms with van der Waals surface area (Å²) in [6, 6.07) is 29.4. The first-order valence-corrected chi connectivity index (χ1v) is 11.4. The molecule has 4 aromatic carbocycles. The minimum atomic E-state index is -3.91. The summed E-state index contributed by atoms with van der Waals surface area (Å²) in [6.07, 6.45) is 0. The van der Waals surface area contributed by atoms with Gasteiger partial charge in [0.2, 0.25) is 5.90 Å². The van der Waals surface area contributed by atoms with Crippen LogP contribution in [0.5, 0.6) is 0 Å². The van der Waals surface area contributed by atoms with Crippen LogP contribution < -0.4 is 24.0 Å². The van der Waals surface area contributed by atoms with Gasteiger partial charge in [-0.15, -0.1) is 5.69 Å². The molecule has 0 N–H and O–H groups in total. The topological polar surface area (TPSA) is 69.8 Å². The van der Waals surface area contributed by atoms with Crippen molar-refractivity contribution in [2.75, 3.05) is 6.61 Å². The Morgan fingerprint density at radius 2 is 1.48 bits per heavy atom. The van der Waals surface area contributed by atoms with Gasteiger partial charge >= 0.3 is 23.1 Å². The number of rotatable bonds is 5. The third-order valence-electron chi connectivity index (χ3n) is 5.21. The number of sulfonamides is 1. The number of benzene rings is 4. The molecular weight excluding hydrogens is 560 g/mol. The van der Waals surface area contributed by atoms with Crippen molar-refractivity contribution in [3.63, 3.8) is 0 Å². The molecule has 1 heterocycles. The zero-order valence-corrected chi connectivity index (χ0v) is 22.0. The summed E-state index contributed by atoms with van der Waals surface area (Å²) in [4.78, 5) is 4.82. The summed E-state index contributed by atoms with van der Waals surface area (Å²) in [5, 5.41) is 1.82. The number of fused-ring (bicyclic) bond motifs is 1. The molecule has 8 heteroatoms. The summed E-state index contributed by atoms with van der Waals surface area (Å²) in [5.41, 5.74) is 1.92. The van der Waals surface area contributed by atoms with Gasteiger partial charge in [-0.3, -0.25) is 0 Å². The predicted molar refractivity (Wildman–Crippen MR) is 128 cm³/mol. The van der Waals surface area contributed by atoms with Crippen molar-refractivity contribution in [3.05, 3.63) is 113 Å². The summed E-state index contributed by atoms with van der Waals surface area (Å²) in [5.74, 6) is 0.405. The van der Waals surface area contributed by atoms with E-state index in [1.807, 2.05) is 60.7 Å². The van der Waals surface area contributed by atoms with Crippen LogP contribution in [0.1, 0.15) is 17.2 Å². The average molecular weight is 579 g/mol. The van der Waals surface area contributed by atoms with E-state index < -0.39 is 10.0 Å². The molecule has 0 saturated heterocycles. The Kier molecular flexibility index (Phi) is 8.38. The fourth-order valence-corrected chi connectivity index (χ4v) is 4.65. The van der Waals surface area contributed by atoms with E-state index in [0.29, 0.717) is 23.8 Å². The van der Waals surface area contributed by atoms with E-state index in [1.165, 1.54) is 0 Å². The Labute approximate surface area is 226 Å². The molecule has 33 heavy (non-hydrogen) atoms. The molecule has 0 spiro atoms. The molecule has 0 amide bonds. The predicted octanol–water partition coefficient (Wildman–Crippen LogP) is 2.38. The average Bonchev–Trinajstić information content (AvgIpc) is 3.30. The molecule has 5 rings (SSSR count). The number of nitrogens with zero attached hydrogens (tertiary/aromatic N) is 2. The number of aliphatic imine (C=N–C) groups is 1. The van der Waals surface area contributed by atoms with Gasteiger partial charge in [0.05, 0.1) is 4.90 Å². The van der Waals surface area contributed by atoms with Gasteiger partial charge in [0.1, 0.15) is 22.7 Å². The van der Waals surface area contributed by atoms with E-state index >= 15 is 0 Å². The quantitative estimate of drug-likeness (QED) is 0.270. The van der Waals surface area contributed by atoms with Gasteiger partial charge in [0, 0.05) is 5.56 Å². The van der Waals surface area contributed by atoms with Gasteiger partial charge in [-0.2, -0.15) is 0 Å². The zero-order chi connectivity index (χ0) is 21.3. The van der Waals surface area contributed by atoms with Crippen LogP contribution >= 0.6 is 0 Å². The Morgan fingerprint density at radius 1 is 0.818 bits per heavy atom. The van der Waals surface area contributed by atoms with E-state index in [2.05, 4.69) is 9.71 Å². The van der Waals surface area contributed by atoms with Crippen molar-refractivity contribution in [2.45, 2.75) is 10.9 Å². The molecule has 1 aliphatic heterocycles. The summed E-state index contributed by atoms with van der Waals surface area (Å²) in [6.45, 7) is 0.408. The largest absolute Gasteiger partial charge is 2.00 e. The van der Waals surface area contributed by atoms with Gasteiger partial charge in [-0.05, 0) is 28.5 Å². The van der Waals surface area contributed by atoms with Crippen molar-refractivity contribution >= 4 is 55.4 Å². The smallest absolute Gasteiger partial charge is 1.00 e. The molecule has 0 radical (unpaired) electrons. The van der Waals surface area contributed by atoms with Crippen molar-refractivity contribution in [1.29, 1.82) is 0 Å². The molecule has 0 aliphatic carbocycles. The second-order valence-electron chi connectivity index (χ2n) is 7.26. The molecule has 1 atom stereocenters. The molecule has 5 nitrogen and oxygen atoms in total. The van der Waals surface area contributed by atoms with Crippen LogP contribution in [0.15, 0.2) is 107 Å². The molecule has 0 saturated carbocycles. The molecule has 0 unspecified atom stereocenters. The molecule has 0 fully saturated rings. The van der Waals surface area contributed by atoms with Crippen LogP contribution in [0.4, 0.5) is 5.69 Å². The van der Waals surface area contributed by atoms with Crippen LogP contribution in [0.2, 0.25) is 0 Å². The van der Waals surface area contributed by atoms with Crippen LogP contribution in [-0.4, -0.2) is 44.0 Å². The van der Waals surface area contributed by atoms with Crippen LogP contribution in [0.3, 0.4) is 0 Å². The Morgan fingerprint density at radius 3 is 2.27 bits per heavy atom. The van der Waals surface area contributed by atoms with Crippen LogP contribution in [0.25, 0.3) is 15.5 Å². The molecule has 4 aromatic rings. The monoisotopic (exact) mass is 578 g/mol.